The van der Waals surface area contributed by atoms with Crippen LogP contribution in [-0.2, 0) is 11.3 Å². The highest BCUT2D eigenvalue weighted by molar-refractivity contribution is 5.38. The maximum Gasteiger partial charge on any atom is 0.123 e. The van der Waals surface area contributed by atoms with Crippen molar-refractivity contribution >= 4 is 0 Å². The Bertz CT molecular complexity index is 450. The van der Waals surface area contributed by atoms with Crippen molar-refractivity contribution in [2.24, 2.45) is 0 Å². The molecule has 0 bridgehead atoms. The third-order valence-corrected chi connectivity index (χ3v) is 4.43. The number of ether oxygens (including phenoxy) is 2. The Balaban J connectivity index is 2.13. The van der Waals surface area contributed by atoms with E-state index in [0.717, 1.165) is 25.4 Å². The third-order valence-electron chi connectivity index (χ3n) is 4.43. The van der Waals surface area contributed by atoms with E-state index in [1.54, 1.807) is 7.11 Å². The summed E-state index contributed by atoms with van der Waals surface area (Å²) in [4.78, 5) is 2.46. The number of piperidine rings is 1. The molecule has 2 atom stereocenters. The monoisotopic (exact) mass is 292 g/mol. The van der Waals surface area contributed by atoms with Crippen molar-refractivity contribution in [1.82, 2.24) is 10.2 Å². The van der Waals surface area contributed by atoms with Crippen LogP contribution in [0.4, 0.5) is 0 Å². The van der Waals surface area contributed by atoms with Gasteiger partial charge < -0.3 is 14.8 Å². The molecule has 4 nitrogen and oxygen atoms in total. The lowest BCUT2D eigenvalue weighted by atomic mass is 10.0. The summed E-state index contributed by atoms with van der Waals surface area (Å²) in [7, 11) is 5.54. The van der Waals surface area contributed by atoms with Crippen molar-refractivity contribution in [2.75, 3.05) is 34.4 Å². The highest BCUT2D eigenvalue weighted by atomic mass is 16.5. The predicted molar refractivity (Wildman–Crippen MR) is 85.8 cm³/mol. The molecule has 0 saturated carbocycles. The SMILES string of the molecule is CNC(C)c1ccc(OC)c(CN2CCCC(OC)C2)c1. The van der Waals surface area contributed by atoms with Crippen LogP contribution in [0.15, 0.2) is 18.2 Å². The van der Waals surface area contributed by atoms with Gasteiger partial charge in [0.1, 0.15) is 5.75 Å². The van der Waals surface area contributed by atoms with E-state index in [1.807, 2.05) is 14.2 Å². The summed E-state index contributed by atoms with van der Waals surface area (Å²) in [6.07, 6.45) is 2.73. The van der Waals surface area contributed by atoms with Crippen LogP contribution in [0.3, 0.4) is 0 Å². The molecular weight excluding hydrogens is 264 g/mol. The molecule has 0 spiro atoms. The van der Waals surface area contributed by atoms with Crippen LogP contribution >= 0.6 is 0 Å². The van der Waals surface area contributed by atoms with Crippen molar-refractivity contribution in [3.63, 3.8) is 0 Å². The molecule has 1 aromatic carbocycles. The first-order valence-corrected chi connectivity index (χ1v) is 7.77. The fourth-order valence-corrected chi connectivity index (χ4v) is 2.95. The highest BCUT2D eigenvalue weighted by Crippen LogP contribution is 2.26. The second-order valence-electron chi connectivity index (χ2n) is 5.82. The lowest BCUT2D eigenvalue weighted by molar-refractivity contribution is 0.0283. The normalized spacial score (nSPS) is 21.2. The number of benzene rings is 1. The summed E-state index contributed by atoms with van der Waals surface area (Å²) >= 11 is 0. The fraction of sp³-hybridized carbons (Fsp3) is 0.647. The summed E-state index contributed by atoms with van der Waals surface area (Å²) in [6.45, 7) is 5.24. The van der Waals surface area contributed by atoms with Crippen LogP contribution in [0, 0.1) is 0 Å². The maximum atomic E-state index is 5.53. The molecule has 1 saturated heterocycles. The maximum absolute atomic E-state index is 5.53. The molecule has 21 heavy (non-hydrogen) atoms. The van der Waals surface area contributed by atoms with E-state index in [0.29, 0.717) is 12.1 Å². The van der Waals surface area contributed by atoms with Crippen molar-refractivity contribution < 1.29 is 9.47 Å². The Morgan fingerprint density at radius 1 is 1.38 bits per heavy atom. The Hall–Kier alpha value is -1.10. The van der Waals surface area contributed by atoms with E-state index >= 15 is 0 Å². The number of rotatable bonds is 6. The van der Waals surface area contributed by atoms with Crippen LogP contribution in [0.5, 0.6) is 5.75 Å². The molecule has 0 aromatic heterocycles. The molecule has 0 radical (unpaired) electrons. The summed E-state index contributed by atoms with van der Waals surface area (Å²) in [5, 5.41) is 3.29. The first kappa shape index (κ1) is 16.3. The third kappa shape index (κ3) is 4.19. The molecule has 1 fully saturated rings. The second kappa shape index (κ2) is 7.78. The highest BCUT2D eigenvalue weighted by Gasteiger charge is 2.20. The molecule has 1 aliphatic rings. The van der Waals surface area contributed by atoms with Gasteiger partial charge in [-0.2, -0.15) is 0 Å². The first-order chi connectivity index (χ1) is 10.2. The van der Waals surface area contributed by atoms with E-state index in [1.165, 1.54) is 24.0 Å². The van der Waals surface area contributed by atoms with Gasteiger partial charge in [-0.15, -0.1) is 0 Å². The van der Waals surface area contributed by atoms with E-state index in [9.17, 15) is 0 Å². The van der Waals surface area contributed by atoms with Gasteiger partial charge in [-0.05, 0) is 51.1 Å². The minimum absolute atomic E-state index is 0.350. The van der Waals surface area contributed by atoms with Crippen LogP contribution in [-0.4, -0.2) is 45.4 Å². The average molecular weight is 292 g/mol. The Morgan fingerprint density at radius 3 is 2.86 bits per heavy atom. The van der Waals surface area contributed by atoms with Crippen molar-refractivity contribution in [1.29, 1.82) is 0 Å². The molecule has 118 valence electrons. The average Bonchev–Trinajstić information content (AvgIpc) is 2.54. The Labute approximate surface area is 128 Å². The molecule has 0 amide bonds. The van der Waals surface area contributed by atoms with Crippen LogP contribution < -0.4 is 10.1 Å². The Morgan fingerprint density at radius 2 is 2.19 bits per heavy atom. The van der Waals surface area contributed by atoms with E-state index in [4.69, 9.17) is 9.47 Å². The summed E-state index contributed by atoms with van der Waals surface area (Å²) < 4.78 is 11.0. The number of likely N-dealkylation sites (tertiary alicyclic amines) is 1. The molecule has 1 heterocycles. The molecule has 1 aromatic rings. The Kier molecular flexibility index (Phi) is 6.03. The number of nitrogens with zero attached hydrogens (tertiary/aromatic N) is 1. The van der Waals surface area contributed by atoms with E-state index < -0.39 is 0 Å². The lowest BCUT2D eigenvalue weighted by Gasteiger charge is -2.32. The minimum Gasteiger partial charge on any atom is -0.496 e. The van der Waals surface area contributed by atoms with Gasteiger partial charge in [-0.25, -0.2) is 0 Å². The molecule has 0 aliphatic carbocycles. The molecule has 1 aliphatic heterocycles. The number of hydrogen-bond donors (Lipinski definition) is 1. The van der Waals surface area contributed by atoms with Crippen LogP contribution in [0.25, 0.3) is 0 Å². The van der Waals surface area contributed by atoms with Crippen LogP contribution in [0.2, 0.25) is 0 Å². The van der Waals surface area contributed by atoms with Gasteiger partial charge in [0, 0.05) is 31.8 Å². The fourth-order valence-electron chi connectivity index (χ4n) is 2.95. The largest absolute Gasteiger partial charge is 0.496 e. The topological polar surface area (TPSA) is 33.7 Å². The van der Waals surface area contributed by atoms with Crippen molar-refractivity contribution in [2.45, 2.75) is 38.5 Å². The minimum atomic E-state index is 0.350. The summed E-state index contributed by atoms with van der Waals surface area (Å²) in [5.74, 6) is 0.974. The zero-order chi connectivity index (χ0) is 15.2. The van der Waals surface area contributed by atoms with E-state index in [2.05, 4.69) is 35.3 Å². The number of nitrogens with one attached hydrogen (secondary N) is 1. The first-order valence-electron chi connectivity index (χ1n) is 7.77. The lowest BCUT2D eigenvalue weighted by Crippen LogP contribution is -2.38. The van der Waals surface area contributed by atoms with Gasteiger partial charge in [0.2, 0.25) is 0 Å². The zero-order valence-corrected chi connectivity index (χ0v) is 13.7. The molecular formula is C17H28N2O2. The van der Waals surface area contributed by atoms with Crippen molar-refractivity contribution in [3.8, 4) is 5.75 Å². The zero-order valence-electron chi connectivity index (χ0n) is 13.7. The van der Waals surface area contributed by atoms with Gasteiger partial charge in [-0.3, -0.25) is 4.90 Å². The molecule has 4 heteroatoms. The molecule has 2 rings (SSSR count). The smallest absolute Gasteiger partial charge is 0.123 e. The van der Waals surface area contributed by atoms with Gasteiger partial charge >= 0.3 is 0 Å². The van der Waals surface area contributed by atoms with Gasteiger partial charge in [0.15, 0.2) is 0 Å². The van der Waals surface area contributed by atoms with E-state index in [-0.39, 0.29) is 0 Å². The molecule has 2 unspecified atom stereocenters. The van der Waals surface area contributed by atoms with Gasteiger partial charge in [0.25, 0.3) is 0 Å². The standard InChI is InChI=1S/C17H28N2O2/c1-13(18-2)14-7-8-17(21-4)15(10-14)11-19-9-5-6-16(12-19)20-3/h7-8,10,13,16,18H,5-6,9,11-12H2,1-4H3. The quantitative estimate of drug-likeness (QED) is 0.874. The number of hydrogen-bond acceptors (Lipinski definition) is 4. The van der Waals surface area contributed by atoms with Gasteiger partial charge in [-0.1, -0.05) is 6.07 Å². The summed E-state index contributed by atoms with van der Waals surface area (Å²) in [6, 6.07) is 6.83. The van der Waals surface area contributed by atoms with Crippen molar-refractivity contribution in [3.05, 3.63) is 29.3 Å². The summed E-state index contributed by atoms with van der Waals surface area (Å²) in [5.41, 5.74) is 2.56. The van der Waals surface area contributed by atoms with Crippen LogP contribution in [0.1, 0.15) is 36.9 Å². The number of methoxy groups -OCH3 is 2. The second-order valence-corrected chi connectivity index (χ2v) is 5.82. The van der Waals surface area contributed by atoms with Gasteiger partial charge in [0.05, 0.1) is 13.2 Å². The molecule has 1 N–H and O–H groups in total. The predicted octanol–water partition coefficient (Wildman–Crippen LogP) is 2.59.